The highest BCUT2D eigenvalue weighted by atomic mass is 16.2. The minimum absolute atomic E-state index is 0.0337. The van der Waals surface area contributed by atoms with Gasteiger partial charge in [0.2, 0.25) is 5.91 Å². The highest BCUT2D eigenvalue weighted by molar-refractivity contribution is 5.82. The van der Waals surface area contributed by atoms with E-state index in [9.17, 15) is 4.79 Å². The Morgan fingerprint density at radius 1 is 1.36 bits per heavy atom. The van der Waals surface area contributed by atoms with Gasteiger partial charge in [-0.25, -0.2) is 0 Å². The topological polar surface area (TPSA) is 55.1 Å². The Balaban J connectivity index is 3.77. The van der Waals surface area contributed by atoms with Crippen molar-refractivity contribution < 1.29 is 4.79 Å². The number of unbranched alkanes of at least 4 members (excludes halogenated alkanes) is 2. The quantitative estimate of drug-likeness (QED) is 0.665. The molecule has 0 bridgehead atoms. The molecule has 3 nitrogen and oxygen atoms in total. The standard InChI is InChI=1S/C11H24N2O/c1-5-6-7-8-9(12)10(14)13-11(2,3)4/h9H,5-8,12H2,1-4H3,(H,13,14)/t9-/m1/s1. The number of nitrogens with two attached hydrogens (primary N) is 1. The van der Waals surface area contributed by atoms with Crippen LogP contribution in [0.25, 0.3) is 0 Å². The van der Waals surface area contributed by atoms with Crippen molar-refractivity contribution in [3.63, 3.8) is 0 Å². The van der Waals surface area contributed by atoms with E-state index >= 15 is 0 Å². The monoisotopic (exact) mass is 200 g/mol. The van der Waals surface area contributed by atoms with E-state index in [0.29, 0.717) is 0 Å². The minimum Gasteiger partial charge on any atom is -0.350 e. The van der Waals surface area contributed by atoms with Crippen molar-refractivity contribution in [2.45, 2.75) is 65.0 Å². The summed E-state index contributed by atoms with van der Waals surface area (Å²) in [4.78, 5) is 11.5. The van der Waals surface area contributed by atoms with Crippen LogP contribution in [0.5, 0.6) is 0 Å². The molecule has 0 rings (SSSR count). The first-order valence-corrected chi connectivity index (χ1v) is 5.44. The van der Waals surface area contributed by atoms with Crippen molar-refractivity contribution in [2.75, 3.05) is 0 Å². The smallest absolute Gasteiger partial charge is 0.237 e. The van der Waals surface area contributed by atoms with E-state index in [0.717, 1.165) is 25.7 Å². The SMILES string of the molecule is CCCCC[C@@H](N)C(=O)NC(C)(C)C. The van der Waals surface area contributed by atoms with Gasteiger partial charge in [-0.2, -0.15) is 0 Å². The Kier molecular flexibility index (Phi) is 5.77. The molecule has 1 atom stereocenters. The molecule has 0 aliphatic rings. The number of carbonyl (C=O) groups excluding carboxylic acids is 1. The summed E-state index contributed by atoms with van der Waals surface area (Å²) in [5, 5.41) is 2.88. The number of hydrogen-bond acceptors (Lipinski definition) is 2. The van der Waals surface area contributed by atoms with Crippen LogP contribution in [0.3, 0.4) is 0 Å². The van der Waals surface area contributed by atoms with Crippen molar-refractivity contribution in [3.05, 3.63) is 0 Å². The second-order valence-electron chi connectivity index (χ2n) is 4.84. The summed E-state index contributed by atoms with van der Waals surface area (Å²) < 4.78 is 0. The number of rotatable bonds is 5. The fourth-order valence-corrected chi connectivity index (χ4v) is 1.21. The molecule has 0 fully saturated rings. The normalized spacial score (nSPS) is 13.8. The molecule has 0 aromatic heterocycles. The van der Waals surface area contributed by atoms with E-state index in [1.165, 1.54) is 0 Å². The Labute approximate surface area is 87.4 Å². The maximum Gasteiger partial charge on any atom is 0.237 e. The molecule has 0 radical (unpaired) electrons. The molecule has 14 heavy (non-hydrogen) atoms. The third kappa shape index (κ3) is 6.89. The second-order valence-corrected chi connectivity index (χ2v) is 4.84. The molecule has 0 spiro atoms. The molecule has 0 aromatic carbocycles. The van der Waals surface area contributed by atoms with Gasteiger partial charge < -0.3 is 11.1 Å². The fourth-order valence-electron chi connectivity index (χ4n) is 1.21. The van der Waals surface area contributed by atoms with Gasteiger partial charge in [-0.05, 0) is 27.2 Å². The summed E-state index contributed by atoms with van der Waals surface area (Å²) >= 11 is 0. The molecular weight excluding hydrogens is 176 g/mol. The van der Waals surface area contributed by atoms with Crippen molar-refractivity contribution in [2.24, 2.45) is 5.73 Å². The van der Waals surface area contributed by atoms with Crippen LogP contribution >= 0.6 is 0 Å². The molecule has 84 valence electrons. The number of hydrogen-bond donors (Lipinski definition) is 2. The molecule has 0 aromatic rings. The molecule has 3 heteroatoms. The van der Waals surface area contributed by atoms with E-state index in [1.807, 2.05) is 20.8 Å². The van der Waals surface area contributed by atoms with E-state index in [-0.39, 0.29) is 17.5 Å². The summed E-state index contributed by atoms with van der Waals surface area (Å²) in [6.07, 6.45) is 4.13. The van der Waals surface area contributed by atoms with Crippen LogP contribution in [-0.4, -0.2) is 17.5 Å². The van der Waals surface area contributed by atoms with Crippen LogP contribution in [-0.2, 0) is 4.79 Å². The van der Waals surface area contributed by atoms with Crippen LogP contribution < -0.4 is 11.1 Å². The van der Waals surface area contributed by atoms with Crippen LogP contribution in [0, 0.1) is 0 Å². The summed E-state index contributed by atoms with van der Waals surface area (Å²) in [5.74, 6) is -0.0337. The highest BCUT2D eigenvalue weighted by Crippen LogP contribution is 2.04. The average Bonchev–Trinajstić information content (AvgIpc) is 2.01. The zero-order chi connectivity index (χ0) is 11.2. The van der Waals surface area contributed by atoms with E-state index < -0.39 is 0 Å². The second kappa shape index (κ2) is 6.02. The first-order valence-electron chi connectivity index (χ1n) is 5.44. The fraction of sp³-hybridized carbons (Fsp3) is 0.909. The number of amides is 1. The lowest BCUT2D eigenvalue weighted by Gasteiger charge is -2.23. The van der Waals surface area contributed by atoms with Crippen LogP contribution in [0.1, 0.15) is 53.4 Å². The molecule has 3 N–H and O–H groups in total. The molecule has 1 amide bonds. The van der Waals surface area contributed by atoms with Gasteiger partial charge in [0.1, 0.15) is 0 Å². The molecule has 0 heterocycles. The lowest BCUT2D eigenvalue weighted by atomic mass is 10.1. The zero-order valence-electron chi connectivity index (χ0n) is 9.89. The van der Waals surface area contributed by atoms with E-state index in [1.54, 1.807) is 0 Å². The minimum atomic E-state index is -0.347. The van der Waals surface area contributed by atoms with Gasteiger partial charge in [0, 0.05) is 5.54 Å². The van der Waals surface area contributed by atoms with Gasteiger partial charge in [0.15, 0.2) is 0 Å². The average molecular weight is 200 g/mol. The number of nitrogens with one attached hydrogen (secondary N) is 1. The predicted octanol–water partition coefficient (Wildman–Crippen LogP) is 1.81. The molecular formula is C11H24N2O. The summed E-state index contributed by atoms with van der Waals surface area (Å²) in [6, 6.07) is -0.347. The zero-order valence-corrected chi connectivity index (χ0v) is 9.89. The summed E-state index contributed by atoms with van der Waals surface area (Å²) in [7, 11) is 0. The molecule has 0 aliphatic heterocycles. The Bertz CT molecular complexity index is 173. The predicted molar refractivity (Wildman–Crippen MR) is 60.0 cm³/mol. The van der Waals surface area contributed by atoms with Crippen molar-refractivity contribution in [3.8, 4) is 0 Å². The Morgan fingerprint density at radius 2 is 1.93 bits per heavy atom. The van der Waals surface area contributed by atoms with E-state index in [4.69, 9.17) is 5.73 Å². The van der Waals surface area contributed by atoms with Crippen molar-refractivity contribution in [1.29, 1.82) is 0 Å². The third-order valence-electron chi connectivity index (χ3n) is 1.95. The Morgan fingerprint density at radius 3 is 2.36 bits per heavy atom. The van der Waals surface area contributed by atoms with Crippen LogP contribution in [0.15, 0.2) is 0 Å². The molecule has 0 saturated carbocycles. The third-order valence-corrected chi connectivity index (χ3v) is 1.95. The molecule has 0 saturated heterocycles. The number of carbonyl (C=O) groups is 1. The van der Waals surface area contributed by atoms with Crippen LogP contribution in [0.2, 0.25) is 0 Å². The lowest BCUT2D eigenvalue weighted by Crippen LogP contribution is -2.48. The molecule has 0 aliphatic carbocycles. The van der Waals surface area contributed by atoms with Crippen molar-refractivity contribution >= 4 is 5.91 Å². The van der Waals surface area contributed by atoms with Crippen LogP contribution in [0.4, 0.5) is 0 Å². The maximum atomic E-state index is 11.5. The van der Waals surface area contributed by atoms with Crippen molar-refractivity contribution in [1.82, 2.24) is 5.32 Å². The summed E-state index contributed by atoms with van der Waals surface area (Å²) in [6.45, 7) is 8.03. The summed E-state index contributed by atoms with van der Waals surface area (Å²) in [5.41, 5.74) is 5.57. The van der Waals surface area contributed by atoms with Gasteiger partial charge in [-0.1, -0.05) is 26.2 Å². The molecule has 0 unspecified atom stereocenters. The van der Waals surface area contributed by atoms with Gasteiger partial charge in [-0.3, -0.25) is 4.79 Å². The first-order chi connectivity index (χ1) is 6.37. The first kappa shape index (κ1) is 13.4. The lowest BCUT2D eigenvalue weighted by molar-refractivity contribution is -0.123. The highest BCUT2D eigenvalue weighted by Gasteiger charge is 2.18. The maximum absolute atomic E-state index is 11.5. The van der Waals surface area contributed by atoms with Gasteiger partial charge in [0.05, 0.1) is 6.04 Å². The Hall–Kier alpha value is -0.570. The van der Waals surface area contributed by atoms with Gasteiger partial charge >= 0.3 is 0 Å². The van der Waals surface area contributed by atoms with Gasteiger partial charge in [0.25, 0.3) is 0 Å². The van der Waals surface area contributed by atoms with Gasteiger partial charge in [-0.15, -0.1) is 0 Å². The van der Waals surface area contributed by atoms with E-state index in [2.05, 4.69) is 12.2 Å². The largest absolute Gasteiger partial charge is 0.350 e.